The Morgan fingerprint density at radius 2 is 1.81 bits per heavy atom. The van der Waals surface area contributed by atoms with Crippen LogP contribution in [0.25, 0.3) is 0 Å². The van der Waals surface area contributed by atoms with Crippen molar-refractivity contribution in [2.24, 2.45) is 5.92 Å². The lowest BCUT2D eigenvalue weighted by Gasteiger charge is -2.29. The Labute approximate surface area is 109 Å². The topological polar surface area (TPSA) is 17.1 Å². The Balaban J connectivity index is 2.50. The van der Waals surface area contributed by atoms with Gasteiger partial charge in [0.25, 0.3) is 0 Å². The van der Waals surface area contributed by atoms with Crippen LogP contribution in [-0.2, 0) is 4.79 Å². The Bertz CT molecular complexity index is 214. The molecule has 0 bridgehead atoms. The molecule has 1 nitrogen and oxygen atoms in total. The van der Waals surface area contributed by atoms with Crippen LogP contribution in [0.15, 0.2) is 0 Å². The number of carbonyl (C=O) groups is 1. The van der Waals surface area contributed by atoms with Gasteiger partial charge in [-0.25, -0.2) is 0 Å². The Kier molecular flexibility index (Phi) is 6.90. The van der Waals surface area contributed by atoms with Gasteiger partial charge in [-0.1, -0.05) is 33.6 Å². The molecule has 0 amide bonds. The lowest BCUT2D eigenvalue weighted by Crippen LogP contribution is -2.33. The van der Waals surface area contributed by atoms with Crippen molar-refractivity contribution in [3.05, 3.63) is 0 Å². The van der Waals surface area contributed by atoms with Crippen LogP contribution in [0.2, 0.25) is 0 Å². The van der Waals surface area contributed by atoms with Crippen LogP contribution in [0.4, 0.5) is 0 Å². The van der Waals surface area contributed by atoms with Crippen molar-refractivity contribution in [2.45, 2.75) is 57.0 Å². The summed E-state index contributed by atoms with van der Waals surface area (Å²) in [7, 11) is 0. The lowest BCUT2D eigenvalue weighted by molar-refractivity contribution is -0.119. The van der Waals surface area contributed by atoms with E-state index >= 15 is 0 Å². The highest BCUT2D eigenvalue weighted by atomic mass is 32.2. The fraction of sp³-hybridized carbons (Fsp3) is 0.923. The molecule has 2 unspecified atom stereocenters. The molecule has 0 radical (unpaired) electrons. The van der Waals surface area contributed by atoms with Gasteiger partial charge in [-0.3, -0.25) is 4.79 Å². The molecule has 1 aliphatic heterocycles. The highest BCUT2D eigenvalue weighted by Crippen LogP contribution is 2.35. The van der Waals surface area contributed by atoms with Crippen LogP contribution in [0.1, 0.15) is 46.5 Å². The maximum Gasteiger partial charge on any atom is 0.147 e. The number of hydrogen-bond donors (Lipinski definition) is 0. The van der Waals surface area contributed by atoms with Crippen LogP contribution in [0.3, 0.4) is 0 Å². The SMILES string of the molecule is CCC(CC)CC(=O)C1SCCSC1CC. The molecular formula is C13H24OS2. The molecule has 1 fully saturated rings. The van der Waals surface area contributed by atoms with Crippen LogP contribution in [-0.4, -0.2) is 27.8 Å². The van der Waals surface area contributed by atoms with E-state index < -0.39 is 0 Å². The monoisotopic (exact) mass is 260 g/mol. The Morgan fingerprint density at radius 1 is 1.19 bits per heavy atom. The zero-order valence-corrected chi connectivity index (χ0v) is 12.3. The van der Waals surface area contributed by atoms with E-state index in [4.69, 9.17) is 0 Å². The van der Waals surface area contributed by atoms with Crippen LogP contribution in [0.5, 0.6) is 0 Å². The van der Waals surface area contributed by atoms with Gasteiger partial charge >= 0.3 is 0 Å². The van der Waals surface area contributed by atoms with Gasteiger partial charge in [-0.15, -0.1) is 11.8 Å². The summed E-state index contributed by atoms with van der Waals surface area (Å²) in [5, 5.41) is 0.852. The van der Waals surface area contributed by atoms with E-state index in [0.717, 1.165) is 31.4 Å². The standard InChI is InChI=1S/C13H24OS2/c1-4-10(5-2)9-11(14)13-12(6-3)15-7-8-16-13/h10,12-13H,4-9H2,1-3H3. The summed E-state index contributed by atoms with van der Waals surface area (Å²) in [6.07, 6.45) is 4.23. The number of hydrogen-bond acceptors (Lipinski definition) is 3. The van der Waals surface area contributed by atoms with Crippen molar-refractivity contribution in [1.29, 1.82) is 0 Å². The van der Waals surface area contributed by atoms with Gasteiger partial charge in [0.05, 0.1) is 5.25 Å². The number of carbonyl (C=O) groups excluding carboxylic acids is 1. The summed E-state index contributed by atoms with van der Waals surface area (Å²) in [4.78, 5) is 12.3. The second-order valence-electron chi connectivity index (χ2n) is 4.46. The molecule has 0 aromatic carbocycles. The molecule has 1 saturated heterocycles. The van der Waals surface area contributed by atoms with E-state index in [1.807, 2.05) is 23.5 Å². The first kappa shape index (κ1) is 14.4. The fourth-order valence-electron chi connectivity index (χ4n) is 2.18. The fourth-order valence-corrected chi connectivity index (χ4v) is 5.23. The summed E-state index contributed by atoms with van der Waals surface area (Å²) >= 11 is 3.90. The summed E-state index contributed by atoms with van der Waals surface area (Å²) in [6.45, 7) is 6.60. The van der Waals surface area contributed by atoms with Crippen molar-refractivity contribution in [2.75, 3.05) is 11.5 Å². The molecule has 0 aromatic rings. The molecule has 1 aliphatic rings. The molecule has 94 valence electrons. The van der Waals surface area contributed by atoms with E-state index in [1.165, 1.54) is 5.75 Å². The van der Waals surface area contributed by atoms with Crippen molar-refractivity contribution in [1.82, 2.24) is 0 Å². The smallest absolute Gasteiger partial charge is 0.147 e. The van der Waals surface area contributed by atoms with Crippen LogP contribution >= 0.6 is 23.5 Å². The second-order valence-corrected chi connectivity index (χ2v) is 7.06. The molecule has 0 N–H and O–H groups in total. The molecule has 0 saturated carbocycles. The molecule has 0 spiro atoms. The third-order valence-electron chi connectivity index (χ3n) is 3.41. The third-order valence-corrected chi connectivity index (χ3v) is 6.71. The third kappa shape index (κ3) is 3.99. The minimum absolute atomic E-state index is 0.282. The zero-order valence-electron chi connectivity index (χ0n) is 10.7. The number of Topliss-reactive ketones (excluding diaryl/α,β-unsaturated/α-hetero) is 1. The van der Waals surface area contributed by atoms with Gasteiger partial charge in [0.1, 0.15) is 5.78 Å². The van der Waals surface area contributed by atoms with Crippen LogP contribution < -0.4 is 0 Å². The van der Waals surface area contributed by atoms with Crippen molar-refractivity contribution >= 4 is 29.3 Å². The van der Waals surface area contributed by atoms with Gasteiger partial charge in [-0.2, -0.15) is 11.8 Å². The minimum Gasteiger partial charge on any atom is -0.298 e. The summed E-state index contributed by atoms with van der Waals surface area (Å²) in [6, 6.07) is 0. The van der Waals surface area contributed by atoms with E-state index in [-0.39, 0.29) is 5.25 Å². The second kappa shape index (κ2) is 7.65. The number of rotatable bonds is 6. The summed E-state index contributed by atoms with van der Waals surface area (Å²) in [5.74, 6) is 3.49. The van der Waals surface area contributed by atoms with Gasteiger partial charge < -0.3 is 0 Å². The maximum atomic E-state index is 12.3. The minimum atomic E-state index is 0.282. The molecule has 3 heteroatoms. The maximum absolute atomic E-state index is 12.3. The number of thioether (sulfide) groups is 2. The van der Waals surface area contributed by atoms with Gasteiger partial charge in [-0.05, 0) is 12.3 Å². The molecule has 16 heavy (non-hydrogen) atoms. The highest BCUT2D eigenvalue weighted by molar-refractivity contribution is 8.07. The van der Waals surface area contributed by atoms with E-state index in [2.05, 4.69) is 20.8 Å². The quantitative estimate of drug-likeness (QED) is 0.718. The Morgan fingerprint density at radius 3 is 2.38 bits per heavy atom. The first-order valence-electron chi connectivity index (χ1n) is 6.48. The first-order chi connectivity index (χ1) is 7.72. The molecular weight excluding hydrogens is 236 g/mol. The average Bonchev–Trinajstić information content (AvgIpc) is 2.35. The van der Waals surface area contributed by atoms with E-state index in [9.17, 15) is 4.79 Å². The largest absolute Gasteiger partial charge is 0.298 e. The highest BCUT2D eigenvalue weighted by Gasteiger charge is 2.31. The molecule has 1 rings (SSSR count). The van der Waals surface area contributed by atoms with Gasteiger partial charge in [0.15, 0.2) is 0 Å². The normalized spacial score (nSPS) is 26.0. The number of ketones is 1. The van der Waals surface area contributed by atoms with Crippen molar-refractivity contribution < 1.29 is 4.79 Å². The van der Waals surface area contributed by atoms with Gasteiger partial charge in [0, 0.05) is 23.2 Å². The van der Waals surface area contributed by atoms with Gasteiger partial charge in [0.2, 0.25) is 0 Å². The van der Waals surface area contributed by atoms with Crippen LogP contribution in [0, 0.1) is 5.92 Å². The Hall–Kier alpha value is 0.370. The molecule has 1 heterocycles. The molecule has 0 aliphatic carbocycles. The summed E-state index contributed by atoms with van der Waals surface area (Å²) in [5.41, 5.74) is 0. The predicted octanol–water partition coefficient (Wildman–Crippen LogP) is 4.01. The zero-order chi connectivity index (χ0) is 12.0. The van der Waals surface area contributed by atoms with E-state index in [0.29, 0.717) is 17.0 Å². The van der Waals surface area contributed by atoms with E-state index in [1.54, 1.807) is 0 Å². The lowest BCUT2D eigenvalue weighted by atomic mass is 9.95. The molecule has 0 aromatic heterocycles. The van der Waals surface area contributed by atoms with Crippen molar-refractivity contribution in [3.63, 3.8) is 0 Å². The first-order valence-corrected chi connectivity index (χ1v) is 8.58. The molecule has 2 atom stereocenters. The summed E-state index contributed by atoms with van der Waals surface area (Å²) < 4.78 is 0. The average molecular weight is 260 g/mol. The predicted molar refractivity (Wildman–Crippen MR) is 76.5 cm³/mol. The van der Waals surface area contributed by atoms with Crippen molar-refractivity contribution in [3.8, 4) is 0 Å².